The van der Waals surface area contributed by atoms with Crippen molar-refractivity contribution < 1.29 is 23.9 Å². The second kappa shape index (κ2) is 8.03. The molecule has 1 fully saturated rings. The van der Waals surface area contributed by atoms with Gasteiger partial charge < -0.3 is 15.3 Å². The zero-order valence-corrected chi connectivity index (χ0v) is 16.3. The molecule has 2 aromatic rings. The number of likely N-dealkylation sites (tertiary alicyclic amines) is 1. The van der Waals surface area contributed by atoms with Crippen LogP contribution < -0.4 is 5.32 Å². The van der Waals surface area contributed by atoms with E-state index >= 15 is 0 Å². The van der Waals surface area contributed by atoms with Gasteiger partial charge in [0.15, 0.2) is 5.54 Å². The van der Waals surface area contributed by atoms with Crippen molar-refractivity contribution >= 4 is 17.8 Å². The Morgan fingerprint density at radius 1 is 1.17 bits per heavy atom. The fourth-order valence-electron chi connectivity index (χ4n) is 3.57. The average Bonchev–Trinajstić information content (AvgIpc) is 3.10. The molecule has 2 aromatic carbocycles. The summed E-state index contributed by atoms with van der Waals surface area (Å²) in [4.78, 5) is 38.9. The minimum Gasteiger partial charge on any atom is -0.479 e. The number of nitrogens with one attached hydrogen (secondary N) is 1. The van der Waals surface area contributed by atoms with Gasteiger partial charge in [-0.05, 0) is 37.1 Å². The minimum atomic E-state index is -1.73. The number of aliphatic carboxylic acids is 1. The molecule has 2 N–H and O–H groups in total. The minimum absolute atomic E-state index is 0.0160. The van der Waals surface area contributed by atoms with E-state index in [0.717, 1.165) is 17.7 Å². The molecule has 1 aliphatic rings. The molecule has 7 heteroatoms. The number of carboxylic acid groups (broad SMARTS) is 1. The molecule has 1 aliphatic heterocycles. The highest BCUT2D eigenvalue weighted by molar-refractivity contribution is 5.93. The summed E-state index contributed by atoms with van der Waals surface area (Å²) in [5.74, 6) is -3.10. The lowest BCUT2D eigenvalue weighted by atomic mass is 9.91. The first-order chi connectivity index (χ1) is 13.7. The zero-order valence-electron chi connectivity index (χ0n) is 16.3. The average molecular weight is 398 g/mol. The third-order valence-corrected chi connectivity index (χ3v) is 5.50. The van der Waals surface area contributed by atoms with Crippen LogP contribution in [0.1, 0.15) is 37.4 Å². The smallest absolute Gasteiger partial charge is 0.333 e. The Balaban J connectivity index is 1.75. The number of halogens is 1. The van der Waals surface area contributed by atoms with Crippen LogP contribution in [0.2, 0.25) is 0 Å². The summed E-state index contributed by atoms with van der Waals surface area (Å²) in [7, 11) is 0. The van der Waals surface area contributed by atoms with Crippen LogP contribution in [0.5, 0.6) is 0 Å². The third kappa shape index (κ3) is 4.13. The quantitative estimate of drug-likeness (QED) is 0.783. The van der Waals surface area contributed by atoms with E-state index in [1.807, 2.05) is 37.3 Å². The Morgan fingerprint density at radius 2 is 1.79 bits per heavy atom. The second-order valence-corrected chi connectivity index (χ2v) is 7.46. The van der Waals surface area contributed by atoms with E-state index in [2.05, 4.69) is 5.32 Å². The first-order valence-corrected chi connectivity index (χ1v) is 9.38. The molecule has 0 saturated carbocycles. The van der Waals surface area contributed by atoms with Crippen LogP contribution in [0.15, 0.2) is 54.6 Å². The van der Waals surface area contributed by atoms with Crippen molar-refractivity contribution in [3.8, 4) is 0 Å². The van der Waals surface area contributed by atoms with Gasteiger partial charge in [0.25, 0.3) is 0 Å². The van der Waals surface area contributed by atoms with Crippen LogP contribution in [0, 0.1) is 11.7 Å². The Kier molecular flexibility index (Phi) is 5.68. The van der Waals surface area contributed by atoms with Gasteiger partial charge >= 0.3 is 5.97 Å². The Morgan fingerprint density at radius 3 is 2.38 bits per heavy atom. The third-order valence-electron chi connectivity index (χ3n) is 5.50. The van der Waals surface area contributed by atoms with Gasteiger partial charge in [-0.2, -0.15) is 0 Å². The topological polar surface area (TPSA) is 86.7 Å². The molecular formula is C22H23FN2O4. The lowest BCUT2D eigenvalue weighted by Crippen LogP contribution is -2.51. The van der Waals surface area contributed by atoms with Gasteiger partial charge in [-0.25, -0.2) is 9.18 Å². The number of hydrogen-bond donors (Lipinski definition) is 2. The molecule has 2 amide bonds. The van der Waals surface area contributed by atoms with Crippen molar-refractivity contribution in [2.24, 2.45) is 5.92 Å². The molecule has 0 aliphatic carbocycles. The predicted molar refractivity (Wildman–Crippen MR) is 104 cm³/mol. The zero-order chi connectivity index (χ0) is 21.2. The Bertz CT molecular complexity index is 916. The molecule has 6 nitrogen and oxygen atoms in total. The highest BCUT2D eigenvalue weighted by Gasteiger charge is 2.42. The number of carboxylic acids is 1. The van der Waals surface area contributed by atoms with Crippen LogP contribution in [0.4, 0.5) is 4.39 Å². The number of amides is 2. The summed E-state index contributed by atoms with van der Waals surface area (Å²) in [5.41, 5.74) is -0.520. The first kappa shape index (κ1) is 20.5. The number of benzene rings is 2. The summed E-state index contributed by atoms with van der Waals surface area (Å²) in [6.07, 6.45) is 0.0160. The molecule has 0 radical (unpaired) electrons. The standard InChI is InChI=1S/C22H23FN2O4/c1-14(15-6-4-3-5-7-15)25-13-16(12-19(25)26)20(27)24-22(2,21(28)29)17-8-10-18(23)11-9-17/h3-11,14,16H,12-13H2,1-2H3,(H,24,27)(H,28,29). The van der Waals surface area contributed by atoms with Gasteiger partial charge in [0.05, 0.1) is 12.0 Å². The van der Waals surface area contributed by atoms with E-state index in [0.29, 0.717) is 0 Å². The highest BCUT2D eigenvalue weighted by Crippen LogP contribution is 2.30. The molecule has 1 heterocycles. The van der Waals surface area contributed by atoms with Gasteiger partial charge in [-0.15, -0.1) is 0 Å². The van der Waals surface area contributed by atoms with Crippen LogP contribution in [0.3, 0.4) is 0 Å². The number of nitrogens with zero attached hydrogens (tertiary/aromatic N) is 1. The van der Waals surface area contributed by atoms with E-state index in [9.17, 15) is 23.9 Å². The van der Waals surface area contributed by atoms with E-state index < -0.39 is 29.2 Å². The summed E-state index contributed by atoms with van der Waals surface area (Å²) in [5, 5.41) is 12.3. The first-order valence-electron chi connectivity index (χ1n) is 9.38. The molecule has 0 aromatic heterocycles. The summed E-state index contributed by atoms with van der Waals surface area (Å²) >= 11 is 0. The Hall–Kier alpha value is -3.22. The van der Waals surface area contributed by atoms with Crippen molar-refractivity contribution in [1.82, 2.24) is 10.2 Å². The summed E-state index contributed by atoms with van der Waals surface area (Å²) in [6.45, 7) is 3.45. The number of carbonyl (C=O) groups excluding carboxylic acids is 2. The van der Waals surface area contributed by atoms with Crippen LogP contribution in [0.25, 0.3) is 0 Å². The van der Waals surface area contributed by atoms with Gasteiger partial charge in [0.2, 0.25) is 11.8 Å². The second-order valence-electron chi connectivity index (χ2n) is 7.46. The van der Waals surface area contributed by atoms with Crippen molar-refractivity contribution in [2.45, 2.75) is 31.8 Å². The molecule has 1 saturated heterocycles. The molecule has 152 valence electrons. The van der Waals surface area contributed by atoms with Gasteiger partial charge in [-0.1, -0.05) is 42.5 Å². The van der Waals surface area contributed by atoms with Crippen molar-refractivity contribution in [3.63, 3.8) is 0 Å². The van der Waals surface area contributed by atoms with Crippen molar-refractivity contribution in [3.05, 3.63) is 71.5 Å². The van der Waals surface area contributed by atoms with Gasteiger partial charge in [-0.3, -0.25) is 9.59 Å². The van der Waals surface area contributed by atoms with Crippen molar-refractivity contribution in [1.29, 1.82) is 0 Å². The number of carbonyl (C=O) groups is 3. The van der Waals surface area contributed by atoms with Gasteiger partial charge in [0, 0.05) is 13.0 Å². The van der Waals surface area contributed by atoms with E-state index in [1.165, 1.54) is 19.1 Å². The fourth-order valence-corrected chi connectivity index (χ4v) is 3.57. The number of hydrogen-bond acceptors (Lipinski definition) is 3. The molecule has 29 heavy (non-hydrogen) atoms. The molecule has 3 atom stereocenters. The SMILES string of the molecule is CC(c1ccccc1)N1CC(C(=O)NC(C)(C(=O)O)c2ccc(F)cc2)CC1=O. The maximum atomic E-state index is 13.2. The molecule has 0 bridgehead atoms. The lowest BCUT2D eigenvalue weighted by Gasteiger charge is -2.29. The van der Waals surface area contributed by atoms with Crippen LogP contribution in [-0.4, -0.2) is 34.3 Å². The normalized spacial score (nSPS) is 19.5. The number of rotatable bonds is 6. The molecule has 3 rings (SSSR count). The van der Waals surface area contributed by atoms with E-state index in [1.54, 1.807) is 4.90 Å². The maximum absolute atomic E-state index is 13.2. The van der Waals surface area contributed by atoms with Crippen LogP contribution in [-0.2, 0) is 19.9 Å². The maximum Gasteiger partial charge on any atom is 0.333 e. The van der Waals surface area contributed by atoms with E-state index in [-0.39, 0.29) is 30.5 Å². The molecule has 0 spiro atoms. The van der Waals surface area contributed by atoms with Gasteiger partial charge in [0.1, 0.15) is 5.82 Å². The highest BCUT2D eigenvalue weighted by atomic mass is 19.1. The molecule has 3 unspecified atom stereocenters. The van der Waals surface area contributed by atoms with E-state index in [4.69, 9.17) is 0 Å². The predicted octanol–water partition coefficient (Wildman–Crippen LogP) is 2.85. The molecular weight excluding hydrogens is 375 g/mol. The monoisotopic (exact) mass is 398 g/mol. The van der Waals surface area contributed by atoms with Crippen molar-refractivity contribution in [2.75, 3.05) is 6.54 Å². The largest absolute Gasteiger partial charge is 0.479 e. The summed E-state index contributed by atoms with van der Waals surface area (Å²) < 4.78 is 13.2. The van der Waals surface area contributed by atoms with Crippen LogP contribution >= 0.6 is 0 Å². The lowest BCUT2D eigenvalue weighted by molar-refractivity contribution is -0.148. The fraction of sp³-hybridized carbons (Fsp3) is 0.318. The Labute approximate surface area is 168 Å². The summed E-state index contributed by atoms with van der Waals surface area (Å²) in [6, 6.07) is 14.2.